The van der Waals surface area contributed by atoms with E-state index in [9.17, 15) is 4.79 Å². The number of carbonyl (C=O) groups is 1. The smallest absolute Gasteiger partial charge is 0.220 e. The van der Waals surface area contributed by atoms with Crippen molar-refractivity contribution >= 4 is 22.4 Å². The second-order valence-electron chi connectivity index (χ2n) is 6.49. The SMILES string of the molecule is CC1CN(Cc2cnc(N)s2)CCC1NC(=O)CC1CC1. The standard InChI is InChI=1S/C15H24N4OS/c1-10-8-19(9-12-7-17-15(16)21-12)5-4-13(10)18-14(20)6-11-2-3-11/h7,10-11,13H,2-6,8-9H2,1H3,(H2,16,17)(H,18,20). The summed E-state index contributed by atoms with van der Waals surface area (Å²) in [5.74, 6) is 1.40. The van der Waals surface area contributed by atoms with Gasteiger partial charge in [-0.25, -0.2) is 4.98 Å². The van der Waals surface area contributed by atoms with Crippen LogP contribution < -0.4 is 11.1 Å². The molecule has 5 nitrogen and oxygen atoms in total. The highest BCUT2D eigenvalue weighted by molar-refractivity contribution is 7.15. The van der Waals surface area contributed by atoms with Crippen LogP contribution in [0.4, 0.5) is 5.13 Å². The molecule has 2 heterocycles. The first-order valence-electron chi connectivity index (χ1n) is 7.82. The molecule has 2 aliphatic rings. The molecule has 1 aliphatic heterocycles. The van der Waals surface area contributed by atoms with E-state index in [1.54, 1.807) is 11.3 Å². The first-order chi connectivity index (χ1) is 10.1. The van der Waals surface area contributed by atoms with Gasteiger partial charge < -0.3 is 11.1 Å². The van der Waals surface area contributed by atoms with Crippen LogP contribution in [0.25, 0.3) is 0 Å². The Hall–Kier alpha value is -1.14. The lowest BCUT2D eigenvalue weighted by Crippen LogP contribution is -2.49. The van der Waals surface area contributed by atoms with Crippen LogP contribution in [-0.4, -0.2) is 34.9 Å². The van der Waals surface area contributed by atoms with Crippen molar-refractivity contribution < 1.29 is 4.79 Å². The number of carbonyl (C=O) groups excluding carboxylic acids is 1. The van der Waals surface area contributed by atoms with Gasteiger partial charge >= 0.3 is 0 Å². The number of nitrogen functional groups attached to an aromatic ring is 1. The predicted molar refractivity (Wildman–Crippen MR) is 84.9 cm³/mol. The lowest BCUT2D eigenvalue weighted by molar-refractivity contribution is -0.122. The van der Waals surface area contributed by atoms with Crippen LogP contribution in [0.1, 0.15) is 37.5 Å². The molecule has 0 radical (unpaired) electrons. The fourth-order valence-corrected chi connectivity index (χ4v) is 3.78. The maximum absolute atomic E-state index is 11.9. The van der Waals surface area contributed by atoms with E-state index in [-0.39, 0.29) is 5.91 Å². The van der Waals surface area contributed by atoms with Gasteiger partial charge in [0.25, 0.3) is 0 Å². The zero-order chi connectivity index (χ0) is 14.8. The third-order valence-corrected chi connectivity index (χ3v) is 5.27. The van der Waals surface area contributed by atoms with Gasteiger partial charge in [-0.3, -0.25) is 9.69 Å². The minimum Gasteiger partial charge on any atom is -0.375 e. The Morgan fingerprint density at radius 3 is 2.95 bits per heavy atom. The molecule has 1 aromatic rings. The molecule has 1 aromatic heterocycles. The van der Waals surface area contributed by atoms with Gasteiger partial charge in [0.2, 0.25) is 5.91 Å². The third-order valence-electron chi connectivity index (χ3n) is 4.46. The summed E-state index contributed by atoms with van der Waals surface area (Å²) in [6.45, 7) is 5.19. The van der Waals surface area contributed by atoms with E-state index in [1.165, 1.54) is 17.7 Å². The summed E-state index contributed by atoms with van der Waals surface area (Å²) in [6, 6.07) is 0.332. The van der Waals surface area contributed by atoms with Gasteiger partial charge in [-0.1, -0.05) is 6.92 Å². The molecule has 3 rings (SSSR count). The quantitative estimate of drug-likeness (QED) is 0.871. The topological polar surface area (TPSA) is 71.2 Å². The highest BCUT2D eigenvalue weighted by Gasteiger charge is 2.30. The molecular weight excluding hydrogens is 284 g/mol. The van der Waals surface area contributed by atoms with Crippen molar-refractivity contribution in [3.05, 3.63) is 11.1 Å². The van der Waals surface area contributed by atoms with E-state index >= 15 is 0 Å². The molecule has 1 amide bonds. The monoisotopic (exact) mass is 308 g/mol. The molecule has 2 atom stereocenters. The highest BCUT2D eigenvalue weighted by Crippen LogP contribution is 2.32. The van der Waals surface area contributed by atoms with Crippen molar-refractivity contribution in [1.82, 2.24) is 15.2 Å². The molecule has 0 spiro atoms. The van der Waals surface area contributed by atoms with Crippen LogP contribution in [-0.2, 0) is 11.3 Å². The number of piperidine rings is 1. The number of anilines is 1. The first kappa shape index (κ1) is 14.8. The Balaban J connectivity index is 1.45. The largest absolute Gasteiger partial charge is 0.375 e. The average molecular weight is 308 g/mol. The van der Waals surface area contributed by atoms with E-state index in [4.69, 9.17) is 5.73 Å². The number of rotatable bonds is 5. The molecule has 1 saturated carbocycles. The van der Waals surface area contributed by atoms with Crippen molar-refractivity contribution in [3.8, 4) is 0 Å². The summed E-state index contributed by atoms with van der Waals surface area (Å²) in [5, 5.41) is 3.87. The molecule has 6 heteroatoms. The van der Waals surface area contributed by atoms with Crippen molar-refractivity contribution in [2.24, 2.45) is 11.8 Å². The molecular formula is C15H24N4OS. The van der Waals surface area contributed by atoms with Gasteiger partial charge in [0.15, 0.2) is 5.13 Å². The Bertz CT molecular complexity index is 500. The maximum Gasteiger partial charge on any atom is 0.220 e. The third kappa shape index (κ3) is 4.17. The zero-order valence-electron chi connectivity index (χ0n) is 12.5. The van der Waals surface area contributed by atoms with E-state index in [2.05, 4.69) is 22.1 Å². The molecule has 2 fully saturated rings. The summed E-state index contributed by atoms with van der Waals surface area (Å²) in [6.07, 6.45) is 6.10. The fraction of sp³-hybridized carbons (Fsp3) is 0.733. The normalized spacial score (nSPS) is 26.7. The second-order valence-corrected chi connectivity index (χ2v) is 7.63. The number of aromatic nitrogens is 1. The Morgan fingerprint density at radius 2 is 2.33 bits per heavy atom. The molecule has 1 saturated heterocycles. The van der Waals surface area contributed by atoms with Gasteiger partial charge in [-0.05, 0) is 31.1 Å². The van der Waals surface area contributed by atoms with Gasteiger partial charge in [0.1, 0.15) is 0 Å². The minimum absolute atomic E-state index is 0.248. The van der Waals surface area contributed by atoms with Gasteiger partial charge in [-0.2, -0.15) is 0 Å². The number of nitrogens with two attached hydrogens (primary N) is 1. The minimum atomic E-state index is 0.248. The molecule has 0 bridgehead atoms. The summed E-state index contributed by atoms with van der Waals surface area (Å²) in [4.78, 5) is 19.7. The van der Waals surface area contributed by atoms with Crippen molar-refractivity contribution in [1.29, 1.82) is 0 Å². The number of likely N-dealkylation sites (tertiary alicyclic amines) is 1. The number of hydrogen-bond donors (Lipinski definition) is 2. The fourth-order valence-electron chi connectivity index (χ4n) is 3.06. The van der Waals surface area contributed by atoms with Gasteiger partial charge in [0.05, 0.1) is 0 Å². The van der Waals surface area contributed by atoms with E-state index < -0.39 is 0 Å². The summed E-state index contributed by atoms with van der Waals surface area (Å²) in [7, 11) is 0. The lowest BCUT2D eigenvalue weighted by Gasteiger charge is -2.37. The Morgan fingerprint density at radius 1 is 1.52 bits per heavy atom. The average Bonchev–Trinajstić information content (AvgIpc) is 3.14. The maximum atomic E-state index is 11.9. The van der Waals surface area contributed by atoms with E-state index in [0.717, 1.165) is 32.5 Å². The number of hydrogen-bond acceptors (Lipinski definition) is 5. The van der Waals surface area contributed by atoms with Crippen LogP contribution >= 0.6 is 11.3 Å². The number of nitrogens with one attached hydrogen (secondary N) is 1. The molecule has 21 heavy (non-hydrogen) atoms. The van der Waals surface area contributed by atoms with Gasteiger partial charge in [0, 0.05) is 43.2 Å². The number of amides is 1. The van der Waals surface area contributed by atoms with Crippen molar-refractivity contribution in [2.75, 3.05) is 18.8 Å². The lowest BCUT2D eigenvalue weighted by atomic mass is 9.93. The van der Waals surface area contributed by atoms with E-state index in [0.29, 0.717) is 23.0 Å². The summed E-state index contributed by atoms with van der Waals surface area (Å²) < 4.78 is 0. The van der Waals surface area contributed by atoms with Crippen LogP contribution in [0.2, 0.25) is 0 Å². The van der Waals surface area contributed by atoms with Gasteiger partial charge in [-0.15, -0.1) is 11.3 Å². The van der Waals surface area contributed by atoms with Crippen molar-refractivity contribution in [2.45, 2.75) is 45.2 Å². The Labute approximate surface area is 129 Å². The number of thiazole rings is 1. The molecule has 0 aromatic carbocycles. The number of nitrogens with zero attached hydrogens (tertiary/aromatic N) is 2. The first-order valence-corrected chi connectivity index (χ1v) is 8.63. The van der Waals surface area contributed by atoms with Crippen LogP contribution in [0.3, 0.4) is 0 Å². The zero-order valence-corrected chi connectivity index (χ0v) is 13.4. The Kier molecular flexibility index (Phi) is 4.45. The van der Waals surface area contributed by atoms with Crippen molar-refractivity contribution in [3.63, 3.8) is 0 Å². The molecule has 2 unspecified atom stereocenters. The molecule has 3 N–H and O–H groups in total. The summed E-state index contributed by atoms with van der Waals surface area (Å²) in [5.41, 5.74) is 5.67. The molecule has 1 aliphatic carbocycles. The van der Waals surface area contributed by atoms with E-state index in [1.807, 2.05) is 6.20 Å². The van der Waals surface area contributed by atoms with Crippen LogP contribution in [0.15, 0.2) is 6.20 Å². The van der Waals surface area contributed by atoms with Crippen LogP contribution in [0, 0.1) is 11.8 Å². The predicted octanol–water partition coefficient (Wildman–Crippen LogP) is 1.85. The van der Waals surface area contributed by atoms with Crippen LogP contribution in [0.5, 0.6) is 0 Å². The molecule has 116 valence electrons. The summed E-state index contributed by atoms with van der Waals surface area (Å²) >= 11 is 1.56. The second kappa shape index (κ2) is 6.32. The highest BCUT2D eigenvalue weighted by atomic mass is 32.1.